The molecule has 0 atom stereocenters. The van der Waals surface area contributed by atoms with Crippen molar-refractivity contribution in [3.8, 4) is 0 Å². The highest BCUT2D eigenvalue weighted by Crippen LogP contribution is 2.30. The van der Waals surface area contributed by atoms with E-state index in [4.69, 9.17) is 0 Å². The van der Waals surface area contributed by atoms with Crippen molar-refractivity contribution in [2.45, 2.75) is 32.6 Å². The van der Waals surface area contributed by atoms with Crippen LogP contribution in [0.2, 0.25) is 0 Å². The molecule has 0 unspecified atom stereocenters. The van der Waals surface area contributed by atoms with E-state index in [0.717, 1.165) is 67.9 Å². The average molecular weight is 470 g/mol. The molecule has 0 radical (unpaired) electrons. The molecule has 2 heterocycles. The second kappa shape index (κ2) is 9.21. The fraction of sp³-hybridized carbons (Fsp3) is 0.417. The Labute approximate surface area is 186 Å². The van der Waals surface area contributed by atoms with E-state index >= 15 is 0 Å². The van der Waals surface area contributed by atoms with E-state index in [2.05, 4.69) is 33.1 Å². The van der Waals surface area contributed by atoms with E-state index in [9.17, 15) is 9.59 Å². The number of carbonyl (C=O) groups is 2. The monoisotopic (exact) mass is 469 g/mol. The molecular weight excluding hydrogens is 442 g/mol. The Morgan fingerprint density at radius 1 is 1.00 bits per heavy atom. The summed E-state index contributed by atoms with van der Waals surface area (Å²) in [5.41, 5.74) is 2.90. The zero-order valence-corrected chi connectivity index (χ0v) is 19.0. The minimum atomic E-state index is -0.185. The van der Waals surface area contributed by atoms with Crippen LogP contribution in [-0.2, 0) is 0 Å². The van der Waals surface area contributed by atoms with Crippen LogP contribution in [0.3, 0.4) is 0 Å². The predicted octanol–water partition coefficient (Wildman–Crippen LogP) is 5.17. The van der Waals surface area contributed by atoms with Crippen molar-refractivity contribution in [1.29, 1.82) is 0 Å². The van der Waals surface area contributed by atoms with Crippen LogP contribution in [0.1, 0.15) is 53.3 Å². The molecule has 2 fully saturated rings. The Morgan fingerprint density at radius 2 is 1.73 bits per heavy atom. The summed E-state index contributed by atoms with van der Waals surface area (Å²) in [5, 5.41) is 2.96. The number of nitrogens with one attached hydrogen (secondary N) is 1. The van der Waals surface area contributed by atoms with Gasteiger partial charge >= 0.3 is 0 Å². The molecule has 0 aromatic heterocycles. The summed E-state index contributed by atoms with van der Waals surface area (Å²) in [7, 11) is 0. The summed E-state index contributed by atoms with van der Waals surface area (Å²) in [4.78, 5) is 30.3. The smallest absolute Gasteiger partial charge is 0.256 e. The molecule has 0 bridgehead atoms. The summed E-state index contributed by atoms with van der Waals surface area (Å²) < 4.78 is 0.856. The first-order valence-corrected chi connectivity index (χ1v) is 11.6. The highest BCUT2D eigenvalue weighted by molar-refractivity contribution is 9.10. The minimum Gasteiger partial charge on any atom is -0.371 e. The SMILES string of the molecule is CC1CCN(c2ccc(NC(=O)c3cccc(Br)c3)cc2C(=O)N2CCCC2)CC1. The predicted molar refractivity (Wildman–Crippen MR) is 124 cm³/mol. The zero-order chi connectivity index (χ0) is 21.1. The van der Waals surface area contributed by atoms with Crippen molar-refractivity contribution in [3.05, 3.63) is 58.1 Å². The number of hydrogen-bond donors (Lipinski definition) is 1. The van der Waals surface area contributed by atoms with Crippen molar-refractivity contribution in [3.63, 3.8) is 0 Å². The van der Waals surface area contributed by atoms with Crippen LogP contribution in [-0.4, -0.2) is 42.9 Å². The number of hydrogen-bond acceptors (Lipinski definition) is 3. The number of rotatable bonds is 4. The van der Waals surface area contributed by atoms with Crippen LogP contribution in [0.5, 0.6) is 0 Å². The first kappa shape index (κ1) is 20.9. The second-order valence-electron chi connectivity index (χ2n) is 8.37. The van der Waals surface area contributed by atoms with Gasteiger partial charge in [-0.15, -0.1) is 0 Å². The van der Waals surface area contributed by atoms with Crippen molar-refractivity contribution < 1.29 is 9.59 Å². The largest absolute Gasteiger partial charge is 0.371 e. The average Bonchev–Trinajstić information content (AvgIpc) is 3.29. The first-order valence-electron chi connectivity index (χ1n) is 10.8. The van der Waals surface area contributed by atoms with Gasteiger partial charge in [0.05, 0.1) is 5.56 Å². The molecule has 2 aliphatic heterocycles. The number of benzene rings is 2. The Hall–Kier alpha value is -2.34. The maximum atomic E-state index is 13.3. The number of halogens is 1. The van der Waals surface area contributed by atoms with Gasteiger partial charge in [0.15, 0.2) is 0 Å². The Morgan fingerprint density at radius 3 is 2.43 bits per heavy atom. The molecule has 0 spiro atoms. The first-order chi connectivity index (χ1) is 14.5. The lowest BCUT2D eigenvalue weighted by Crippen LogP contribution is -2.35. The molecule has 4 rings (SSSR count). The number of piperidine rings is 1. The molecule has 2 amide bonds. The van der Waals surface area contributed by atoms with Crippen molar-refractivity contribution in [1.82, 2.24) is 4.90 Å². The van der Waals surface area contributed by atoms with Crippen LogP contribution >= 0.6 is 15.9 Å². The van der Waals surface area contributed by atoms with Crippen LogP contribution in [0.4, 0.5) is 11.4 Å². The van der Waals surface area contributed by atoms with Gasteiger partial charge in [-0.25, -0.2) is 0 Å². The summed E-state index contributed by atoms with van der Waals surface area (Å²) in [6.07, 6.45) is 4.39. The van der Waals surface area contributed by atoms with Gasteiger partial charge in [0.1, 0.15) is 0 Å². The molecule has 0 aliphatic carbocycles. The molecule has 5 nitrogen and oxygen atoms in total. The molecule has 30 heavy (non-hydrogen) atoms. The summed E-state index contributed by atoms with van der Waals surface area (Å²) in [5.74, 6) is 0.609. The summed E-state index contributed by atoms with van der Waals surface area (Å²) in [6, 6.07) is 13.0. The molecule has 0 saturated carbocycles. The second-order valence-corrected chi connectivity index (χ2v) is 9.28. The third-order valence-electron chi connectivity index (χ3n) is 6.09. The molecular formula is C24H28BrN3O2. The van der Waals surface area contributed by atoms with Gasteiger partial charge in [-0.05, 0) is 68.0 Å². The fourth-order valence-corrected chi connectivity index (χ4v) is 4.63. The molecule has 1 N–H and O–H groups in total. The topological polar surface area (TPSA) is 52.7 Å². The third-order valence-corrected chi connectivity index (χ3v) is 6.58. The van der Waals surface area contributed by atoms with Crippen molar-refractivity contribution in [2.24, 2.45) is 5.92 Å². The Kier molecular flexibility index (Phi) is 6.42. The van der Waals surface area contributed by atoms with Gasteiger partial charge in [0.2, 0.25) is 0 Å². The molecule has 158 valence electrons. The van der Waals surface area contributed by atoms with Crippen LogP contribution in [0, 0.1) is 5.92 Å². The van der Waals surface area contributed by atoms with Gasteiger partial charge in [0.25, 0.3) is 11.8 Å². The van der Waals surface area contributed by atoms with E-state index in [0.29, 0.717) is 16.8 Å². The quantitative estimate of drug-likeness (QED) is 0.671. The standard InChI is InChI=1S/C24H28BrN3O2/c1-17-9-13-27(14-10-17)22-8-7-20(16-21(22)24(30)28-11-2-3-12-28)26-23(29)18-5-4-6-19(25)15-18/h4-8,15-17H,2-3,9-14H2,1H3,(H,26,29). The molecule has 2 aliphatic rings. The van der Waals surface area contributed by atoms with Gasteiger partial charge in [-0.2, -0.15) is 0 Å². The minimum absolute atomic E-state index is 0.0691. The van der Waals surface area contributed by atoms with Gasteiger partial charge in [-0.3, -0.25) is 9.59 Å². The van der Waals surface area contributed by atoms with Gasteiger partial charge < -0.3 is 15.1 Å². The Balaban J connectivity index is 1.61. The molecule has 2 aromatic carbocycles. The Bertz CT molecular complexity index is 932. The van der Waals surface area contributed by atoms with Crippen LogP contribution in [0.25, 0.3) is 0 Å². The van der Waals surface area contributed by atoms with Crippen LogP contribution < -0.4 is 10.2 Å². The third kappa shape index (κ3) is 4.69. The highest BCUT2D eigenvalue weighted by Gasteiger charge is 2.26. The molecule has 2 aromatic rings. The van der Waals surface area contributed by atoms with E-state index in [-0.39, 0.29) is 11.8 Å². The van der Waals surface area contributed by atoms with Crippen LogP contribution in [0.15, 0.2) is 46.9 Å². The zero-order valence-electron chi connectivity index (χ0n) is 17.4. The van der Waals surface area contributed by atoms with Crippen molar-refractivity contribution >= 4 is 39.1 Å². The van der Waals surface area contributed by atoms with Gasteiger partial charge in [-0.1, -0.05) is 28.9 Å². The van der Waals surface area contributed by atoms with E-state index in [1.54, 1.807) is 12.1 Å². The summed E-state index contributed by atoms with van der Waals surface area (Å²) >= 11 is 3.41. The summed E-state index contributed by atoms with van der Waals surface area (Å²) in [6.45, 7) is 5.83. The normalized spacial score (nSPS) is 17.3. The number of nitrogens with zero attached hydrogens (tertiary/aromatic N) is 2. The highest BCUT2D eigenvalue weighted by atomic mass is 79.9. The maximum absolute atomic E-state index is 13.3. The number of carbonyl (C=O) groups excluding carboxylic acids is 2. The number of likely N-dealkylation sites (tertiary alicyclic amines) is 1. The maximum Gasteiger partial charge on any atom is 0.256 e. The van der Waals surface area contributed by atoms with E-state index < -0.39 is 0 Å². The van der Waals surface area contributed by atoms with E-state index in [1.165, 1.54) is 0 Å². The molecule has 6 heteroatoms. The number of amides is 2. The fourth-order valence-electron chi connectivity index (χ4n) is 4.23. The van der Waals surface area contributed by atoms with Gasteiger partial charge in [0, 0.05) is 47.6 Å². The lowest BCUT2D eigenvalue weighted by atomic mass is 9.97. The molecule has 2 saturated heterocycles. The number of anilines is 2. The lowest BCUT2D eigenvalue weighted by molar-refractivity contribution is 0.0793. The van der Waals surface area contributed by atoms with E-state index in [1.807, 2.05) is 35.2 Å². The lowest BCUT2D eigenvalue weighted by Gasteiger charge is -2.34. The van der Waals surface area contributed by atoms with Crippen molar-refractivity contribution in [2.75, 3.05) is 36.4 Å².